The van der Waals surface area contributed by atoms with Gasteiger partial charge >= 0.3 is 0 Å². The van der Waals surface area contributed by atoms with Crippen LogP contribution in [0.25, 0.3) is 0 Å². The minimum atomic E-state index is -3.41. The van der Waals surface area contributed by atoms with Gasteiger partial charge in [0.25, 0.3) is 5.91 Å². The highest BCUT2D eigenvalue weighted by molar-refractivity contribution is 7.91. The molecule has 8 heteroatoms. The molecule has 0 atom stereocenters. The monoisotopic (exact) mass is 325 g/mol. The molecule has 0 aliphatic heterocycles. The molecule has 0 radical (unpaired) electrons. The number of para-hydroxylation sites is 1. The van der Waals surface area contributed by atoms with E-state index in [0.717, 1.165) is 11.3 Å². The molecule has 0 unspecified atom stereocenters. The van der Waals surface area contributed by atoms with E-state index in [2.05, 4.69) is 10.3 Å². The fraction of sp³-hybridized carbons (Fsp3) is 0.231. The molecule has 0 saturated carbocycles. The number of aromatic nitrogens is 1. The maximum absolute atomic E-state index is 12.2. The van der Waals surface area contributed by atoms with Gasteiger partial charge in [0.2, 0.25) is 0 Å². The van der Waals surface area contributed by atoms with Crippen molar-refractivity contribution < 1.29 is 13.2 Å². The van der Waals surface area contributed by atoms with Gasteiger partial charge in [0.1, 0.15) is 4.88 Å². The van der Waals surface area contributed by atoms with Crippen molar-refractivity contribution in [2.24, 2.45) is 0 Å². The average molecular weight is 325 g/mol. The second kappa shape index (κ2) is 5.82. The lowest BCUT2D eigenvalue weighted by Gasteiger charge is -2.10. The lowest BCUT2D eigenvalue weighted by Crippen LogP contribution is -2.15. The Hall–Kier alpha value is -1.93. The van der Waals surface area contributed by atoms with Gasteiger partial charge in [-0.2, -0.15) is 0 Å². The van der Waals surface area contributed by atoms with Gasteiger partial charge in [0.05, 0.1) is 22.0 Å². The van der Waals surface area contributed by atoms with E-state index in [0.29, 0.717) is 15.7 Å². The molecular weight excluding hydrogens is 310 g/mol. The first-order chi connectivity index (χ1) is 9.85. The second-order valence-corrected chi connectivity index (χ2v) is 7.60. The Balaban J connectivity index is 2.37. The Morgan fingerprint density at radius 1 is 1.38 bits per heavy atom. The number of nitrogens with zero attached hydrogens (tertiary/aromatic N) is 1. The first-order valence-electron chi connectivity index (χ1n) is 6.21. The Morgan fingerprint density at radius 3 is 2.62 bits per heavy atom. The van der Waals surface area contributed by atoms with Crippen LogP contribution in [0.15, 0.2) is 29.2 Å². The van der Waals surface area contributed by atoms with Crippen LogP contribution in [-0.2, 0) is 9.84 Å². The van der Waals surface area contributed by atoms with Crippen molar-refractivity contribution in [3.05, 3.63) is 34.8 Å². The number of nitrogens with two attached hydrogens (primary N) is 1. The number of hydrogen-bond acceptors (Lipinski definition) is 6. The number of amides is 1. The number of benzene rings is 1. The number of carbonyl (C=O) groups is 1. The summed E-state index contributed by atoms with van der Waals surface area (Å²) in [6.45, 7) is 3.23. The Kier molecular flexibility index (Phi) is 4.29. The molecule has 0 fully saturated rings. The van der Waals surface area contributed by atoms with E-state index in [1.54, 1.807) is 32.0 Å². The van der Waals surface area contributed by atoms with Crippen molar-refractivity contribution in [3.63, 3.8) is 0 Å². The molecule has 0 aliphatic carbocycles. The zero-order valence-electron chi connectivity index (χ0n) is 11.6. The third kappa shape index (κ3) is 3.22. The standard InChI is InChI=1S/C13H15N3O3S2/c1-3-21(18,19)10-7-5-4-6-9(10)16-12(17)11-8(2)15-13(14)20-11/h4-7H,3H2,1-2H3,(H2,14,15)(H,16,17). The highest BCUT2D eigenvalue weighted by Crippen LogP contribution is 2.25. The summed E-state index contributed by atoms with van der Waals surface area (Å²) in [6.07, 6.45) is 0. The van der Waals surface area contributed by atoms with E-state index in [-0.39, 0.29) is 16.3 Å². The van der Waals surface area contributed by atoms with Gasteiger partial charge in [-0.15, -0.1) is 0 Å². The number of anilines is 2. The third-order valence-electron chi connectivity index (χ3n) is 2.87. The van der Waals surface area contributed by atoms with Crippen molar-refractivity contribution in [1.82, 2.24) is 4.98 Å². The van der Waals surface area contributed by atoms with Gasteiger partial charge in [-0.25, -0.2) is 13.4 Å². The molecule has 0 spiro atoms. The summed E-state index contributed by atoms with van der Waals surface area (Å²) >= 11 is 1.07. The van der Waals surface area contributed by atoms with E-state index in [1.807, 2.05) is 0 Å². The molecule has 3 N–H and O–H groups in total. The van der Waals surface area contributed by atoms with Gasteiger partial charge in [-0.3, -0.25) is 4.79 Å². The van der Waals surface area contributed by atoms with Crippen LogP contribution in [0.2, 0.25) is 0 Å². The first kappa shape index (κ1) is 15.5. The van der Waals surface area contributed by atoms with Crippen LogP contribution in [-0.4, -0.2) is 25.1 Å². The van der Waals surface area contributed by atoms with E-state index in [4.69, 9.17) is 5.73 Å². The lowest BCUT2D eigenvalue weighted by molar-refractivity contribution is 0.102. The third-order valence-corrected chi connectivity index (χ3v) is 5.64. The van der Waals surface area contributed by atoms with Crippen LogP contribution in [0.4, 0.5) is 10.8 Å². The van der Waals surface area contributed by atoms with Crippen molar-refractivity contribution in [2.45, 2.75) is 18.7 Å². The molecule has 0 aliphatic rings. The van der Waals surface area contributed by atoms with Crippen molar-refractivity contribution in [3.8, 4) is 0 Å². The molecule has 2 aromatic rings. The number of aryl methyl sites for hydroxylation is 1. The van der Waals surface area contributed by atoms with Crippen LogP contribution < -0.4 is 11.1 Å². The van der Waals surface area contributed by atoms with Crippen LogP contribution in [0.5, 0.6) is 0 Å². The summed E-state index contributed by atoms with van der Waals surface area (Å²) < 4.78 is 24.1. The first-order valence-corrected chi connectivity index (χ1v) is 8.68. The maximum atomic E-state index is 12.2. The zero-order valence-corrected chi connectivity index (χ0v) is 13.2. The van der Waals surface area contributed by atoms with Gasteiger partial charge in [-0.05, 0) is 19.1 Å². The predicted molar refractivity (Wildman–Crippen MR) is 83.4 cm³/mol. The molecule has 21 heavy (non-hydrogen) atoms. The summed E-state index contributed by atoms with van der Waals surface area (Å²) in [4.78, 5) is 16.7. The van der Waals surface area contributed by atoms with Crippen LogP contribution in [0.3, 0.4) is 0 Å². The topological polar surface area (TPSA) is 102 Å². The van der Waals surface area contributed by atoms with Crippen LogP contribution >= 0.6 is 11.3 Å². The highest BCUT2D eigenvalue weighted by Gasteiger charge is 2.20. The van der Waals surface area contributed by atoms with E-state index >= 15 is 0 Å². The van der Waals surface area contributed by atoms with Gasteiger partial charge in [0.15, 0.2) is 15.0 Å². The summed E-state index contributed by atoms with van der Waals surface area (Å²) in [5, 5.41) is 2.92. The molecule has 1 aromatic carbocycles. The largest absolute Gasteiger partial charge is 0.375 e. The number of hydrogen-bond donors (Lipinski definition) is 2. The number of nitrogen functional groups attached to an aromatic ring is 1. The van der Waals surface area contributed by atoms with E-state index in [9.17, 15) is 13.2 Å². The Labute approximate surface area is 126 Å². The molecule has 1 amide bonds. The van der Waals surface area contributed by atoms with Gasteiger partial charge in [-0.1, -0.05) is 30.4 Å². The van der Waals surface area contributed by atoms with Crippen molar-refractivity contribution in [2.75, 3.05) is 16.8 Å². The summed E-state index contributed by atoms with van der Waals surface area (Å²) in [7, 11) is -3.41. The Morgan fingerprint density at radius 2 is 2.05 bits per heavy atom. The van der Waals surface area contributed by atoms with Crippen molar-refractivity contribution in [1.29, 1.82) is 0 Å². The minimum absolute atomic E-state index is 0.0353. The zero-order chi connectivity index (χ0) is 15.6. The van der Waals surface area contributed by atoms with E-state index < -0.39 is 15.7 Å². The number of carbonyl (C=O) groups excluding carboxylic acids is 1. The molecule has 1 aromatic heterocycles. The number of nitrogens with one attached hydrogen (secondary N) is 1. The molecule has 1 heterocycles. The maximum Gasteiger partial charge on any atom is 0.267 e. The summed E-state index contributed by atoms with van der Waals surface area (Å²) in [6, 6.07) is 6.31. The molecular formula is C13H15N3O3S2. The fourth-order valence-corrected chi connectivity index (χ4v) is 3.58. The van der Waals surface area contributed by atoms with Gasteiger partial charge < -0.3 is 11.1 Å². The number of sulfone groups is 1. The quantitative estimate of drug-likeness (QED) is 0.896. The molecule has 0 saturated heterocycles. The fourth-order valence-electron chi connectivity index (χ4n) is 1.80. The highest BCUT2D eigenvalue weighted by atomic mass is 32.2. The second-order valence-electron chi connectivity index (χ2n) is 4.32. The van der Waals surface area contributed by atoms with Crippen molar-refractivity contribution >= 4 is 37.9 Å². The molecule has 2 rings (SSSR count). The normalized spacial score (nSPS) is 11.3. The average Bonchev–Trinajstić information content (AvgIpc) is 2.78. The van der Waals surface area contributed by atoms with Crippen LogP contribution in [0.1, 0.15) is 22.3 Å². The molecule has 0 bridgehead atoms. The van der Waals surface area contributed by atoms with Crippen LogP contribution in [0, 0.1) is 6.92 Å². The molecule has 6 nitrogen and oxygen atoms in total. The summed E-state index contributed by atoms with van der Waals surface area (Å²) in [5.74, 6) is -0.452. The number of rotatable bonds is 4. The smallest absolute Gasteiger partial charge is 0.267 e. The predicted octanol–water partition coefficient (Wildman–Crippen LogP) is 2.08. The SMILES string of the molecule is CCS(=O)(=O)c1ccccc1NC(=O)c1sc(N)nc1C. The molecule has 112 valence electrons. The van der Waals surface area contributed by atoms with E-state index in [1.165, 1.54) is 6.07 Å². The lowest BCUT2D eigenvalue weighted by atomic mass is 10.3. The Bertz CT molecular complexity index is 782. The number of thiazole rings is 1. The summed E-state index contributed by atoms with van der Waals surface area (Å²) in [5.41, 5.74) is 6.34. The van der Waals surface area contributed by atoms with Gasteiger partial charge in [0, 0.05) is 0 Å². The minimum Gasteiger partial charge on any atom is -0.375 e.